The predicted octanol–water partition coefficient (Wildman–Crippen LogP) is 4.38. The van der Waals surface area contributed by atoms with E-state index >= 15 is 0 Å². The SMILES string of the molecule is CCN(C(=O)c1ccc(F)cc1I)c1ccc(F)c(F)c1. The van der Waals surface area contributed by atoms with Crippen molar-refractivity contribution in [1.29, 1.82) is 0 Å². The smallest absolute Gasteiger partial charge is 0.259 e. The molecule has 21 heavy (non-hydrogen) atoms. The first-order chi connectivity index (χ1) is 9.93. The van der Waals surface area contributed by atoms with Gasteiger partial charge in [0.15, 0.2) is 11.6 Å². The van der Waals surface area contributed by atoms with Gasteiger partial charge < -0.3 is 4.90 Å². The quantitative estimate of drug-likeness (QED) is 0.695. The largest absolute Gasteiger partial charge is 0.309 e. The lowest BCUT2D eigenvalue weighted by Gasteiger charge is -2.22. The molecule has 110 valence electrons. The van der Waals surface area contributed by atoms with E-state index in [1.165, 1.54) is 29.2 Å². The van der Waals surface area contributed by atoms with Crippen LogP contribution < -0.4 is 4.90 Å². The minimum absolute atomic E-state index is 0.251. The summed E-state index contributed by atoms with van der Waals surface area (Å²) in [4.78, 5) is 13.8. The molecule has 0 bridgehead atoms. The molecule has 2 aromatic rings. The fourth-order valence-corrected chi connectivity index (χ4v) is 2.61. The lowest BCUT2D eigenvalue weighted by atomic mass is 10.1. The number of nitrogens with zero attached hydrogens (tertiary/aromatic N) is 1. The fourth-order valence-electron chi connectivity index (χ4n) is 1.90. The van der Waals surface area contributed by atoms with Crippen LogP contribution in [0.25, 0.3) is 0 Å². The van der Waals surface area contributed by atoms with Gasteiger partial charge in [-0.15, -0.1) is 0 Å². The van der Waals surface area contributed by atoms with Crippen molar-refractivity contribution >= 4 is 34.2 Å². The fraction of sp³-hybridized carbons (Fsp3) is 0.133. The number of hydrogen-bond donors (Lipinski definition) is 0. The summed E-state index contributed by atoms with van der Waals surface area (Å²) in [6.07, 6.45) is 0. The van der Waals surface area contributed by atoms with Crippen LogP contribution in [-0.4, -0.2) is 12.5 Å². The van der Waals surface area contributed by atoms with Crippen molar-refractivity contribution in [2.75, 3.05) is 11.4 Å². The third-order valence-electron chi connectivity index (χ3n) is 2.94. The summed E-state index contributed by atoms with van der Waals surface area (Å²) in [6.45, 7) is 1.99. The summed E-state index contributed by atoms with van der Waals surface area (Å²) < 4.78 is 39.8. The Morgan fingerprint density at radius 1 is 1.10 bits per heavy atom. The van der Waals surface area contributed by atoms with Gasteiger partial charge >= 0.3 is 0 Å². The van der Waals surface area contributed by atoms with E-state index < -0.39 is 23.4 Å². The number of hydrogen-bond acceptors (Lipinski definition) is 1. The minimum Gasteiger partial charge on any atom is -0.309 e. The molecule has 6 heteroatoms. The molecule has 0 aliphatic heterocycles. The molecule has 0 N–H and O–H groups in total. The van der Waals surface area contributed by atoms with Crippen LogP contribution in [0.2, 0.25) is 0 Å². The second-order valence-corrected chi connectivity index (χ2v) is 5.43. The molecule has 0 fully saturated rings. The maximum Gasteiger partial charge on any atom is 0.259 e. The maximum atomic E-state index is 13.3. The van der Waals surface area contributed by atoms with Crippen molar-refractivity contribution in [3.8, 4) is 0 Å². The van der Waals surface area contributed by atoms with E-state index in [-0.39, 0.29) is 12.2 Å². The molecule has 0 saturated carbocycles. The Balaban J connectivity index is 2.40. The zero-order valence-corrected chi connectivity index (χ0v) is 13.2. The molecule has 0 radical (unpaired) electrons. The van der Waals surface area contributed by atoms with Crippen molar-refractivity contribution in [3.05, 3.63) is 63.0 Å². The molecule has 2 rings (SSSR count). The first-order valence-electron chi connectivity index (χ1n) is 6.16. The highest BCUT2D eigenvalue weighted by Gasteiger charge is 2.20. The molecule has 0 unspecified atom stereocenters. The van der Waals surface area contributed by atoms with Crippen LogP contribution in [0.4, 0.5) is 18.9 Å². The number of benzene rings is 2. The molecule has 0 aliphatic carbocycles. The van der Waals surface area contributed by atoms with Gasteiger partial charge in [-0.1, -0.05) is 0 Å². The predicted molar refractivity (Wildman–Crippen MR) is 82.8 cm³/mol. The Hall–Kier alpha value is -1.57. The number of halogens is 4. The van der Waals surface area contributed by atoms with Crippen molar-refractivity contribution in [3.63, 3.8) is 0 Å². The first-order valence-corrected chi connectivity index (χ1v) is 7.24. The Morgan fingerprint density at radius 2 is 1.81 bits per heavy atom. The van der Waals surface area contributed by atoms with Crippen LogP contribution in [0.5, 0.6) is 0 Å². The second kappa shape index (κ2) is 6.46. The standard InChI is InChI=1S/C15H11F3INO/c1-2-20(10-4-6-12(17)13(18)8-10)15(21)11-5-3-9(16)7-14(11)19/h3-8H,2H2,1H3. The maximum absolute atomic E-state index is 13.3. The van der Waals surface area contributed by atoms with Crippen molar-refractivity contribution in [2.24, 2.45) is 0 Å². The Bertz CT molecular complexity index is 691. The summed E-state index contributed by atoms with van der Waals surface area (Å²) in [6, 6.07) is 7.07. The average molecular weight is 405 g/mol. The van der Waals surface area contributed by atoms with Gasteiger partial charge in [-0.25, -0.2) is 13.2 Å². The van der Waals surface area contributed by atoms with Crippen LogP contribution >= 0.6 is 22.6 Å². The van der Waals surface area contributed by atoms with Crippen molar-refractivity contribution in [2.45, 2.75) is 6.92 Å². The third-order valence-corrected chi connectivity index (χ3v) is 3.83. The Morgan fingerprint density at radius 3 is 2.38 bits per heavy atom. The molecule has 0 spiro atoms. The van der Waals surface area contributed by atoms with E-state index in [0.717, 1.165) is 12.1 Å². The molecule has 0 atom stereocenters. The molecular weight excluding hydrogens is 394 g/mol. The average Bonchev–Trinajstić information content (AvgIpc) is 2.43. The van der Waals surface area contributed by atoms with E-state index in [4.69, 9.17) is 0 Å². The van der Waals surface area contributed by atoms with Gasteiger partial charge in [-0.2, -0.15) is 0 Å². The minimum atomic E-state index is -1.02. The van der Waals surface area contributed by atoms with E-state index in [0.29, 0.717) is 9.13 Å². The zero-order chi connectivity index (χ0) is 15.6. The van der Waals surface area contributed by atoms with Gasteiger partial charge in [0.1, 0.15) is 5.82 Å². The van der Waals surface area contributed by atoms with Gasteiger partial charge in [0, 0.05) is 21.9 Å². The van der Waals surface area contributed by atoms with E-state index in [1.807, 2.05) is 22.6 Å². The van der Waals surface area contributed by atoms with Gasteiger partial charge in [0.05, 0.1) is 5.56 Å². The molecule has 0 aliphatic rings. The normalized spacial score (nSPS) is 10.5. The van der Waals surface area contributed by atoms with Crippen LogP contribution in [0.15, 0.2) is 36.4 Å². The van der Waals surface area contributed by atoms with Gasteiger partial charge in [0.2, 0.25) is 0 Å². The number of carbonyl (C=O) groups is 1. The summed E-state index contributed by atoms with van der Waals surface area (Å²) in [5, 5.41) is 0. The number of amides is 1. The highest BCUT2D eigenvalue weighted by Crippen LogP contribution is 2.22. The molecule has 2 nitrogen and oxygen atoms in total. The Kier molecular flexibility index (Phi) is 4.87. The van der Waals surface area contributed by atoms with E-state index in [9.17, 15) is 18.0 Å². The summed E-state index contributed by atoms with van der Waals surface area (Å²) >= 11 is 1.86. The van der Waals surface area contributed by atoms with Crippen LogP contribution in [0.1, 0.15) is 17.3 Å². The molecule has 1 amide bonds. The summed E-state index contributed by atoms with van der Waals surface area (Å²) in [5.74, 6) is -2.83. The van der Waals surface area contributed by atoms with Crippen molar-refractivity contribution in [1.82, 2.24) is 0 Å². The third kappa shape index (κ3) is 3.37. The number of rotatable bonds is 3. The lowest BCUT2D eigenvalue weighted by Crippen LogP contribution is -2.31. The highest BCUT2D eigenvalue weighted by atomic mass is 127. The van der Waals surface area contributed by atoms with Crippen LogP contribution in [0.3, 0.4) is 0 Å². The molecule has 2 aromatic carbocycles. The number of anilines is 1. The Labute approximate surface area is 133 Å². The molecule has 0 saturated heterocycles. The highest BCUT2D eigenvalue weighted by molar-refractivity contribution is 14.1. The molecule has 0 aromatic heterocycles. The number of carbonyl (C=O) groups excluding carboxylic acids is 1. The van der Waals surface area contributed by atoms with Crippen molar-refractivity contribution < 1.29 is 18.0 Å². The van der Waals surface area contributed by atoms with Gasteiger partial charge in [-0.05, 0) is 59.8 Å². The van der Waals surface area contributed by atoms with Gasteiger partial charge in [-0.3, -0.25) is 4.79 Å². The van der Waals surface area contributed by atoms with Crippen LogP contribution in [-0.2, 0) is 0 Å². The molecule has 0 heterocycles. The van der Waals surface area contributed by atoms with Gasteiger partial charge in [0.25, 0.3) is 5.91 Å². The van der Waals surface area contributed by atoms with Crippen LogP contribution in [0, 0.1) is 21.0 Å². The zero-order valence-electron chi connectivity index (χ0n) is 11.0. The lowest BCUT2D eigenvalue weighted by molar-refractivity contribution is 0.0987. The summed E-state index contributed by atoms with van der Waals surface area (Å²) in [7, 11) is 0. The van der Waals surface area contributed by atoms with E-state index in [1.54, 1.807) is 6.92 Å². The first kappa shape index (κ1) is 15.8. The topological polar surface area (TPSA) is 20.3 Å². The molecular formula is C15H11F3INO. The van der Waals surface area contributed by atoms with E-state index in [2.05, 4.69) is 0 Å². The summed E-state index contributed by atoms with van der Waals surface area (Å²) in [5.41, 5.74) is 0.560. The second-order valence-electron chi connectivity index (χ2n) is 4.27. The monoisotopic (exact) mass is 405 g/mol.